The molecule has 1 aliphatic carbocycles. The Balaban J connectivity index is 1.90. The molecule has 1 aromatic heterocycles. The zero-order valence-electron chi connectivity index (χ0n) is 8.83. The third kappa shape index (κ3) is 2.60. The molecular formula is C7H13N7O2S. The highest BCUT2D eigenvalue weighted by atomic mass is 32.2. The van der Waals surface area contributed by atoms with Crippen molar-refractivity contribution < 1.29 is 9.84 Å². The van der Waals surface area contributed by atoms with Gasteiger partial charge in [0.25, 0.3) is 0 Å². The van der Waals surface area contributed by atoms with Crippen molar-refractivity contribution in [2.75, 3.05) is 5.32 Å². The Kier molecular flexibility index (Phi) is 3.66. The minimum absolute atomic E-state index is 0.139. The first-order chi connectivity index (χ1) is 8.24. The number of hydrogen-bond acceptors (Lipinski definition) is 9. The highest BCUT2D eigenvalue weighted by Crippen LogP contribution is 2.25. The molecule has 1 saturated carbocycles. The summed E-state index contributed by atoms with van der Waals surface area (Å²) in [4.78, 5) is 0. The van der Waals surface area contributed by atoms with Crippen molar-refractivity contribution in [1.82, 2.24) is 15.0 Å². The maximum atomic E-state index is 8.55. The lowest BCUT2D eigenvalue weighted by molar-refractivity contribution is 0.302. The number of nitrogens with one attached hydrogen (secondary N) is 2. The van der Waals surface area contributed by atoms with Gasteiger partial charge in [0, 0.05) is 24.2 Å². The molecule has 0 radical (unpaired) electrons. The van der Waals surface area contributed by atoms with E-state index in [1.54, 1.807) is 0 Å². The third-order valence-electron chi connectivity index (χ3n) is 2.55. The van der Waals surface area contributed by atoms with E-state index >= 15 is 0 Å². The predicted molar refractivity (Wildman–Crippen MR) is 62.2 cm³/mol. The van der Waals surface area contributed by atoms with Crippen molar-refractivity contribution in [3.05, 3.63) is 5.69 Å². The van der Waals surface area contributed by atoms with Crippen LogP contribution in [0, 0.1) is 0 Å². The van der Waals surface area contributed by atoms with Gasteiger partial charge in [0.15, 0.2) is 11.5 Å². The molecule has 0 aromatic carbocycles. The van der Waals surface area contributed by atoms with Crippen LogP contribution in [-0.4, -0.2) is 33.4 Å². The summed E-state index contributed by atoms with van der Waals surface area (Å²) in [7, 11) is 0. The molecule has 94 valence electrons. The monoisotopic (exact) mass is 259 g/mol. The van der Waals surface area contributed by atoms with Crippen LogP contribution in [0.25, 0.3) is 0 Å². The average molecular weight is 259 g/mol. The van der Waals surface area contributed by atoms with Crippen LogP contribution in [0.15, 0.2) is 9.78 Å². The quantitative estimate of drug-likeness (QED) is 0.151. The SMILES string of the molecule is NSN[C@H]1C[C@@H](Nc2nonc2/C(N)=N/O)C1. The molecule has 0 aliphatic heterocycles. The first kappa shape index (κ1) is 12.0. The van der Waals surface area contributed by atoms with E-state index in [2.05, 4.69) is 30.1 Å². The molecule has 1 aromatic rings. The van der Waals surface area contributed by atoms with Gasteiger partial charge in [-0.3, -0.25) is 5.14 Å². The Labute approximate surface area is 101 Å². The third-order valence-corrected chi connectivity index (χ3v) is 3.02. The summed E-state index contributed by atoms with van der Waals surface area (Å²) >= 11 is 1.11. The van der Waals surface area contributed by atoms with E-state index in [4.69, 9.17) is 16.1 Å². The van der Waals surface area contributed by atoms with Gasteiger partial charge in [-0.05, 0) is 23.2 Å². The number of oxime groups is 1. The lowest BCUT2D eigenvalue weighted by Crippen LogP contribution is -2.46. The van der Waals surface area contributed by atoms with Crippen LogP contribution in [0.3, 0.4) is 0 Å². The van der Waals surface area contributed by atoms with Crippen LogP contribution >= 0.6 is 12.1 Å². The minimum Gasteiger partial charge on any atom is -0.409 e. The van der Waals surface area contributed by atoms with E-state index in [0.29, 0.717) is 11.9 Å². The van der Waals surface area contributed by atoms with Gasteiger partial charge in [-0.15, -0.1) is 0 Å². The summed E-state index contributed by atoms with van der Waals surface area (Å²) in [6.45, 7) is 0. The van der Waals surface area contributed by atoms with Gasteiger partial charge in [-0.1, -0.05) is 5.16 Å². The van der Waals surface area contributed by atoms with E-state index < -0.39 is 0 Å². The van der Waals surface area contributed by atoms with Gasteiger partial charge in [0.05, 0.1) is 0 Å². The minimum atomic E-state index is -0.139. The Bertz CT molecular complexity index is 403. The van der Waals surface area contributed by atoms with E-state index in [-0.39, 0.29) is 17.6 Å². The summed E-state index contributed by atoms with van der Waals surface area (Å²) in [6, 6.07) is 0.631. The van der Waals surface area contributed by atoms with Crippen LogP contribution < -0.4 is 20.9 Å². The zero-order chi connectivity index (χ0) is 12.3. The van der Waals surface area contributed by atoms with Crippen LogP contribution in [0.2, 0.25) is 0 Å². The Morgan fingerprint density at radius 2 is 2.24 bits per heavy atom. The molecule has 9 nitrogen and oxygen atoms in total. The van der Waals surface area contributed by atoms with Crippen molar-refractivity contribution in [1.29, 1.82) is 0 Å². The number of aromatic nitrogens is 2. The van der Waals surface area contributed by atoms with Crippen LogP contribution in [0.4, 0.5) is 5.82 Å². The van der Waals surface area contributed by atoms with Crippen molar-refractivity contribution >= 4 is 23.8 Å². The Morgan fingerprint density at radius 1 is 1.47 bits per heavy atom. The fraction of sp³-hybridized carbons (Fsp3) is 0.571. The number of rotatable bonds is 5. The lowest BCUT2D eigenvalue weighted by atomic mass is 9.87. The van der Waals surface area contributed by atoms with Gasteiger partial charge >= 0.3 is 0 Å². The van der Waals surface area contributed by atoms with E-state index in [0.717, 1.165) is 25.0 Å². The second-order valence-electron chi connectivity index (χ2n) is 3.69. The van der Waals surface area contributed by atoms with E-state index in [9.17, 15) is 0 Å². The number of nitrogens with two attached hydrogens (primary N) is 2. The highest BCUT2D eigenvalue weighted by Gasteiger charge is 2.30. The lowest BCUT2D eigenvalue weighted by Gasteiger charge is -2.35. The molecule has 7 N–H and O–H groups in total. The van der Waals surface area contributed by atoms with Gasteiger partial charge in [0.1, 0.15) is 0 Å². The molecule has 0 atom stereocenters. The summed E-state index contributed by atoms with van der Waals surface area (Å²) in [5, 5.41) is 27.0. The molecule has 0 unspecified atom stereocenters. The number of amidine groups is 1. The maximum absolute atomic E-state index is 8.55. The second kappa shape index (κ2) is 5.21. The zero-order valence-corrected chi connectivity index (χ0v) is 9.65. The molecule has 0 saturated heterocycles. The average Bonchev–Trinajstić information content (AvgIpc) is 2.73. The molecule has 1 aliphatic rings. The number of hydrogen-bond donors (Lipinski definition) is 5. The molecule has 0 spiro atoms. The van der Waals surface area contributed by atoms with E-state index in [1.807, 2.05) is 0 Å². The van der Waals surface area contributed by atoms with Crippen molar-refractivity contribution in [3.63, 3.8) is 0 Å². The molecular weight excluding hydrogens is 246 g/mol. The molecule has 2 rings (SSSR count). The maximum Gasteiger partial charge on any atom is 0.202 e. The summed E-state index contributed by atoms with van der Waals surface area (Å²) in [6.07, 6.45) is 1.82. The molecule has 0 bridgehead atoms. The van der Waals surface area contributed by atoms with E-state index in [1.165, 1.54) is 0 Å². The van der Waals surface area contributed by atoms with Gasteiger partial charge in [0.2, 0.25) is 5.82 Å². The number of nitrogens with zero attached hydrogens (tertiary/aromatic N) is 3. The first-order valence-electron chi connectivity index (χ1n) is 4.92. The van der Waals surface area contributed by atoms with Gasteiger partial charge in [-0.2, -0.15) is 0 Å². The smallest absolute Gasteiger partial charge is 0.202 e. The fourth-order valence-electron chi connectivity index (χ4n) is 1.62. The summed E-state index contributed by atoms with van der Waals surface area (Å²) in [5.74, 6) is 0.240. The van der Waals surface area contributed by atoms with Gasteiger partial charge in [-0.25, -0.2) is 9.35 Å². The molecule has 10 heteroatoms. The molecule has 0 amide bonds. The largest absolute Gasteiger partial charge is 0.409 e. The van der Waals surface area contributed by atoms with Crippen molar-refractivity contribution in [3.8, 4) is 0 Å². The van der Waals surface area contributed by atoms with Crippen molar-refractivity contribution in [2.45, 2.75) is 24.9 Å². The predicted octanol–water partition coefficient (Wildman–Crippen LogP) is -0.782. The van der Waals surface area contributed by atoms with Crippen LogP contribution in [0.1, 0.15) is 18.5 Å². The topological polar surface area (TPSA) is 148 Å². The van der Waals surface area contributed by atoms with Crippen LogP contribution in [0.5, 0.6) is 0 Å². The Hall–Kier alpha value is -1.52. The summed E-state index contributed by atoms with van der Waals surface area (Å²) in [5.41, 5.74) is 5.62. The normalized spacial score (nSPS) is 24.4. The van der Waals surface area contributed by atoms with Gasteiger partial charge < -0.3 is 16.3 Å². The molecule has 17 heavy (non-hydrogen) atoms. The Morgan fingerprint density at radius 3 is 2.88 bits per heavy atom. The second-order valence-corrected chi connectivity index (χ2v) is 4.16. The van der Waals surface area contributed by atoms with Crippen LogP contribution in [-0.2, 0) is 0 Å². The van der Waals surface area contributed by atoms with Crippen molar-refractivity contribution in [2.24, 2.45) is 16.0 Å². The fourth-order valence-corrected chi connectivity index (χ4v) is 2.01. The standard InChI is InChI=1S/C7H13N7O2S/c8-6(11-15)5-7(13-16-12-5)10-3-1-4(2-3)14-17-9/h3-4,14-15H,1-2,9H2,(H2,8,11)(H,10,13)/t3-,4+. The molecule has 1 heterocycles. The summed E-state index contributed by atoms with van der Waals surface area (Å²) < 4.78 is 7.58. The first-order valence-corrected chi connectivity index (χ1v) is 5.80. The number of anilines is 1. The highest BCUT2D eigenvalue weighted by molar-refractivity contribution is 7.95. The molecule has 1 fully saturated rings.